The Balaban J connectivity index is 2.37. The number of nitrogens with zero attached hydrogens (tertiary/aromatic N) is 1. The fraction of sp³-hybridized carbons (Fsp3) is 0.273. The second kappa shape index (κ2) is 6.88. The van der Waals surface area contributed by atoms with Gasteiger partial charge in [0.25, 0.3) is 0 Å². The summed E-state index contributed by atoms with van der Waals surface area (Å²) in [4.78, 5) is 12.2. The van der Waals surface area contributed by atoms with E-state index in [1.165, 1.54) is 11.8 Å². The molecule has 0 atom stereocenters. The van der Waals surface area contributed by atoms with Gasteiger partial charge in [0.15, 0.2) is 0 Å². The number of hydrogen-bond donors (Lipinski definition) is 2. The summed E-state index contributed by atoms with van der Waals surface area (Å²) in [5, 5.41) is 10.8. The van der Waals surface area contributed by atoms with Gasteiger partial charge in [0, 0.05) is 11.4 Å². The maximum absolute atomic E-state index is 11.2. The van der Waals surface area contributed by atoms with Gasteiger partial charge in [-0.3, -0.25) is 4.79 Å². The largest absolute Gasteiger partial charge is 0.342 e. The molecule has 0 aliphatic rings. The van der Waals surface area contributed by atoms with Gasteiger partial charge >= 0.3 is 0 Å². The van der Waals surface area contributed by atoms with E-state index in [-0.39, 0.29) is 12.5 Å². The lowest BCUT2D eigenvalue weighted by atomic mass is 10.2. The minimum absolute atomic E-state index is 0.0610. The Labute approximate surface area is 98.8 Å². The van der Waals surface area contributed by atoms with Crippen LogP contribution in [-0.2, 0) is 11.3 Å². The number of carbonyl (C=O) groups is 1. The smallest absolute Gasteiger partial charge is 0.231 e. The topological polar surface area (TPSA) is 78.9 Å². The molecule has 1 aromatic carbocycles. The van der Waals surface area contributed by atoms with Gasteiger partial charge in [0.2, 0.25) is 5.91 Å². The molecule has 0 saturated heterocycles. The van der Waals surface area contributed by atoms with Crippen molar-refractivity contribution >= 4 is 17.7 Å². The maximum atomic E-state index is 11.2. The Hall–Kier alpha value is -1.51. The molecule has 4 nitrogen and oxygen atoms in total. The zero-order chi connectivity index (χ0) is 11.8. The molecule has 0 unspecified atom stereocenters. The summed E-state index contributed by atoms with van der Waals surface area (Å²) in [6.07, 6.45) is 0. The molecule has 3 N–H and O–H groups in total. The van der Waals surface area contributed by atoms with Crippen LogP contribution in [0.5, 0.6) is 0 Å². The minimum atomic E-state index is -0.130. The maximum Gasteiger partial charge on any atom is 0.231 e. The Morgan fingerprint density at radius 1 is 1.44 bits per heavy atom. The van der Waals surface area contributed by atoms with Gasteiger partial charge in [-0.05, 0) is 17.7 Å². The van der Waals surface area contributed by atoms with E-state index in [1.54, 1.807) is 0 Å². The molecule has 16 heavy (non-hydrogen) atoms. The van der Waals surface area contributed by atoms with E-state index in [0.717, 1.165) is 10.5 Å². The highest BCUT2D eigenvalue weighted by Gasteiger charge is 2.01. The van der Waals surface area contributed by atoms with E-state index < -0.39 is 0 Å². The van der Waals surface area contributed by atoms with Crippen molar-refractivity contribution in [2.24, 2.45) is 5.73 Å². The summed E-state index contributed by atoms with van der Waals surface area (Å²) >= 11 is 1.44. The molecule has 0 spiro atoms. The van der Waals surface area contributed by atoms with Gasteiger partial charge in [-0.1, -0.05) is 12.1 Å². The monoisotopic (exact) mass is 235 g/mol. The highest BCUT2D eigenvalue weighted by atomic mass is 32.2. The van der Waals surface area contributed by atoms with Crippen molar-refractivity contribution in [2.45, 2.75) is 11.4 Å². The highest BCUT2D eigenvalue weighted by molar-refractivity contribution is 8.00. The number of thioether (sulfide) groups is 1. The standard InChI is InChI=1S/C11H13N3OS/c12-5-6-14-11(15)8-16-10-3-1-9(7-13)2-4-10/h1-4H,6-8,13H2,(H,14,15). The molecule has 0 bridgehead atoms. The predicted molar refractivity (Wildman–Crippen MR) is 63.7 cm³/mol. The van der Waals surface area contributed by atoms with Crippen LogP contribution in [0.2, 0.25) is 0 Å². The van der Waals surface area contributed by atoms with Crippen molar-refractivity contribution in [3.63, 3.8) is 0 Å². The molecule has 84 valence electrons. The first-order valence-electron chi connectivity index (χ1n) is 4.81. The number of amides is 1. The van der Waals surface area contributed by atoms with Crippen LogP contribution in [0, 0.1) is 11.3 Å². The van der Waals surface area contributed by atoms with E-state index >= 15 is 0 Å². The molecule has 0 radical (unpaired) electrons. The van der Waals surface area contributed by atoms with Crippen LogP contribution < -0.4 is 11.1 Å². The summed E-state index contributed by atoms with van der Waals surface area (Å²) in [5.74, 6) is 0.193. The zero-order valence-electron chi connectivity index (χ0n) is 8.77. The summed E-state index contributed by atoms with van der Waals surface area (Å²) in [7, 11) is 0. The lowest BCUT2D eigenvalue weighted by Gasteiger charge is -2.02. The fourth-order valence-corrected chi connectivity index (χ4v) is 1.79. The van der Waals surface area contributed by atoms with Crippen molar-refractivity contribution in [3.05, 3.63) is 29.8 Å². The number of hydrogen-bond acceptors (Lipinski definition) is 4. The predicted octanol–water partition coefficient (Wildman–Crippen LogP) is 0.877. The molecule has 5 heteroatoms. The number of rotatable bonds is 5. The number of benzene rings is 1. The van der Waals surface area contributed by atoms with Crippen LogP contribution >= 0.6 is 11.8 Å². The third-order valence-electron chi connectivity index (χ3n) is 1.89. The third kappa shape index (κ3) is 4.34. The van der Waals surface area contributed by atoms with Gasteiger partial charge < -0.3 is 11.1 Å². The molecule has 0 saturated carbocycles. The molecule has 0 aliphatic heterocycles. The first kappa shape index (κ1) is 12.6. The fourth-order valence-electron chi connectivity index (χ4n) is 1.06. The summed E-state index contributed by atoms with van der Waals surface area (Å²) < 4.78 is 0. The van der Waals surface area contributed by atoms with Crippen molar-refractivity contribution in [3.8, 4) is 6.07 Å². The molecule has 0 fully saturated rings. The highest BCUT2D eigenvalue weighted by Crippen LogP contribution is 2.17. The van der Waals surface area contributed by atoms with E-state index in [0.29, 0.717) is 12.3 Å². The van der Waals surface area contributed by atoms with Crippen LogP contribution in [0.3, 0.4) is 0 Å². The van der Waals surface area contributed by atoms with Crippen LogP contribution in [0.1, 0.15) is 5.56 Å². The lowest BCUT2D eigenvalue weighted by Crippen LogP contribution is -2.25. The summed E-state index contributed by atoms with van der Waals surface area (Å²) in [6.45, 7) is 0.582. The Morgan fingerprint density at radius 3 is 2.69 bits per heavy atom. The second-order valence-corrected chi connectivity index (χ2v) is 4.12. The van der Waals surface area contributed by atoms with Crippen LogP contribution in [0.25, 0.3) is 0 Å². The molecule has 1 aromatic rings. The number of carbonyl (C=O) groups excluding carboxylic acids is 1. The van der Waals surface area contributed by atoms with Gasteiger partial charge in [-0.15, -0.1) is 11.8 Å². The van der Waals surface area contributed by atoms with Gasteiger partial charge in [-0.25, -0.2) is 0 Å². The second-order valence-electron chi connectivity index (χ2n) is 3.07. The molecule has 0 aliphatic carbocycles. The Morgan fingerprint density at radius 2 is 2.12 bits per heavy atom. The van der Waals surface area contributed by atoms with Gasteiger partial charge in [0.05, 0.1) is 11.8 Å². The molecule has 1 amide bonds. The van der Waals surface area contributed by atoms with Crippen molar-refractivity contribution in [1.29, 1.82) is 5.26 Å². The Kier molecular flexibility index (Phi) is 5.40. The number of nitriles is 1. The van der Waals surface area contributed by atoms with E-state index in [2.05, 4.69) is 5.32 Å². The number of nitrogens with two attached hydrogens (primary N) is 1. The number of nitrogens with one attached hydrogen (secondary N) is 1. The minimum Gasteiger partial charge on any atom is -0.342 e. The molecule has 1 rings (SSSR count). The average molecular weight is 235 g/mol. The Bertz CT molecular complexity index is 383. The van der Waals surface area contributed by atoms with E-state index in [4.69, 9.17) is 11.0 Å². The third-order valence-corrected chi connectivity index (χ3v) is 2.91. The first-order valence-corrected chi connectivity index (χ1v) is 5.80. The van der Waals surface area contributed by atoms with Gasteiger partial charge in [-0.2, -0.15) is 5.26 Å². The first-order chi connectivity index (χ1) is 7.76. The van der Waals surface area contributed by atoms with E-state index in [1.807, 2.05) is 30.3 Å². The SMILES string of the molecule is N#CCNC(=O)CSc1ccc(CN)cc1. The summed E-state index contributed by atoms with van der Waals surface area (Å²) in [6, 6.07) is 9.61. The van der Waals surface area contributed by atoms with Crippen LogP contribution in [0.4, 0.5) is 0 Å². The van der Waals surface area contributed by atoms with E-state index in [9.17, 15) is 4.79 Å². The molecule has 0 aromatic heterocycles. The normalized spacial score (nSPS) is 9.50. The van der Waals surface area contributed by atoms with Crippen molar-refractivity contribution in [1.82, 2.24) is 5.32 Å². The van der Waals surface area contributed by atoms with Crippen molar-refractivity contribution in [2.75, 3.05) is 12.3 Å². The van der Waals surface area contributed by atoms with Crippen LogP contribution in [-0.4, -0.2) is 18.2 Å². The zero-order valence-corrected chi connectivity index (χ0v) is 9.59. The van der Waals surface area contributed by atoms with Crippen LogP contribution in [0.15, 0.2) is 29.2 Å². The quantitative estimate of drug-likeness (QED) is 0.586. The summed E-state index contributed by atoms with van der Waals surface area (Å²) in [5.41, 5.74) is 6.54. The van der Waals surface area contributed by atoms with Crippen molar-refractivity contribution < 1.29 is 4.79 Å². The van der Waals surface area contributed by atoms with Gasteiger partial charge in [0.1, 0.15) is 6.54 Å². The average Bonchev–Trinajstić information content (AvgIpc) is 2.34. The molecular formula is C11H13N3OS. The lowest BCUT2D eigenvalue weighted by molar-refractivity contribution is -0.118. The molecule has 0 heterocycles. The molecular weight excluding hydrogens is 222 g/mol.